The first kappa shape index (κ1) is 12.0. The number of nitrogens with two attached hydrogens (primary N) is 1. The van der Waals surface area contributed by atoms with Gasteiger partial charge in [-0.25, -0.2) is 0 Å². The third kappa shape index (κ3) is 3.24. The molecule has 0 amide bonds. The molecule has 1 aliphatic heterocycles. The minimum Gasteiger partial charge on any atom is -0.329 e. The maximum Gasteiger partial charge on any atom is 0.0349 e. The quantitative estimate of drug-likeness (QED) is 0.756. The molecule has 4 heteroatoms. The van der Waals surface area contributed by atoms with Crippen LogP contribution in [0.2, 0.25) is 0 Å². The number of hydrogen-bond donors (Lipinski definition) is 1. The third-order valence-electron chi connectivity index (χ3n) is 2.72. The topological polar surface area (TPSA) is 32.5 Å². The second-order valence-electron chi connectivity index (χ2n) is 4.08. The van der Waals surface area contributed by atoms with Crippen LogP contribution in [0.4, 0.5) is 0 Å². The van der Waals surface area contributed by atoms with E-state index in [1.165, 1.54) is 5.57 Å². The van der Waals surface area contributed by atoms with Gasteiger partial charge in [0.15, 0.2) is 0 Å². The van der Waals surface area contributed by atoms with Crippen LogP contribution in [0, 0.1) is 0 Å². The highest BCUT2D eigenvalue weighted by molar-refractivity contribution is 6.25. The fourth-order valence-electron chi connectivity index (χ4n) is 1.83. The zero-order chi connectivity index (χ0) is 10.6. The van der Waals surface area contributed by atoms with E-state index in [0.29, 0.717) is 6.04 Å². The summed E-state index contributed by atoms with van der Waals surface area (Å²) >= 11 is 5.66. The molecule has 2 N–H and O–H groups in total. The van der Waals surface area contributed by atoms with Crippen molar-refractivity contribution in [1.82, 2.24) is 9.80 Å². The Kier molecular flexibility index (Phi) is 4.89. The molecule has 14 heavy (non-hydrogen) atoms. The van der Waals surface area contributed by atoms with Crippen LogP contribution in [0.15, 0.2) is 11.1 Å². The van der Waals surface area contributed by atoms with Crippen LogP contribution in [0.1, 0.15) is 6.92 Å². The minimum absolute atomic E-state index is 0.473. The molecule has 0 radical (unpaired) electrons. The lowest BCUT2D eigenvalue weighted by atomic mass is 10.1. The van der Waals surface area contributed by atoms with Gasteiger partial charge < -0.3 is 10.6 Å². The molecular formula is C10H20ClN3. The Morgan fingerprint density at radius 3 is 2.86 bits per heavy atom. The summed E-state index contributed by atoms with van der Waals surface area (Å²) in [4.78, 5) is 4.74. The Labute approximate surface area is 91.5 Å². The maximum absolute atomic E-state index is 5.75. The van der Waals surface area contributed by atoms with Crippen LogP contribution in [-0.4, -0.2) is 55.6 Å². The van der Waals surface area contributed by atoms with Gasteiger partial charge in [0.05, 0.1) is 0 Å². The van der Waals surface area contributed by atoms with Crippen molar-refractivity contribution in [2.45, 2.75) is 13.0 Å². The predicted molar refractivity (Wildman–Crippen MR) is 61.5 cm³/mol. The average molecular weight is 218 g/mol. The number of piperazine rings is 1. The summed E-state index contributed by atoms with van der Waals surface area (Å²) in [7, 11) is 2.14. The van der Waals surface area contributed by atoms with Crippen LogP contribution in [0.5, 0.6) is 0 Å². The molecule has 0 aromatic heterocycles. The van der Waals surface area contributed by atoms with Gasteiger partial charge in [0, 0.05) is 44.3 Å². The Hall–Kier alpha value is -0.0900. The first-order valence-electron chi connectivity index (χ1n) is 5.06. The summed E-state index contributed by atoms with van der Waals surface area (Å²) in [5.74, 6) is 0. The lowest BCUT2D eigenvalue weighted by Gasteiger charge is -2.39. The van der Waals surface area contributed by atoms with E-state index in [-0.39, 0.29) is 0 Å². The molecule has 0 spiro atoms. The monoisotopic (exact) mass is 217 g/mol. The van der Waals surface area contributed by atoms with Gasteiger partial charge in [0.2, 0.25) is 0 Å². The zero-order valence-electron chi connectivity index (χ0n) is 9.04. The number of rotatable bonds is 3. The Balaban J connectivity index is 2.50. The van der Waals surface area contributed by atoms with E-state index in [2.05, 4.69) is 23.8 Å². The highest BCUT2D eigenvalue weighted by Crippen LogP contribution is 2.10. The molecule has 1 saturated heterocycles. The van der Waals surface area contributed by atoms with Gasteiger partial charge in [-0.3, -0.25) is 4.90 Å². The van der Waals surface area contributed by atoms with Crippen molar-refractivity contribution in [3.05, 3.63) is 11.1 Å². The van der Waals surface area contributed by atoms with E-state index in [0.717, 1.165) is 32.7 Å². The minimum atomic E-state index is 0.473. The molecule has 82 valence electrons. The number of halogens is 1. The van der Waals surface area contributed by atoms with Crippen molar-refractivity contribution >= 4 is 11.6 Å². The zero-order valence-corrected chi connectivity index (χ0v) is 9.80. The second kappa shape index (κ2) is 5.71. The molecule has 3 nitrogen and oxygen atoms in total. The predicted octanol–water partition coefficient (Wildman–Crippen LogP) is 0.704. The van der Waals surface area contributed by atoms with Crippen molar-refractivity contribution in [2.75, 3.05) is 39.8 Å². The van der Waals surface area contributed by atoms with Crippen molar-refractivity contribution < 1.29 is 0 Å². The Morgan fingerprint density at radius 1 is 1.57 bits per heavy atom. The first-order chi connectivity index (χ1) is 6.67. The van der Waals surface area contributed by atoms with Gasteiger partial charge in [0.25, 0.3) is 0 Å². The van der Waals surface area contributed by atoms with E-state index in [4.69, 9.17) is 17.3 Å². The largest absolute Gasteiger partial charge is 0.329 e. The van der Waals surface area contributed by atoms with E-state index in [1.54, 1.807) is 5.54 Å². The molecule has 0 bridgehead atoms. The Bertz CT molecular complexity index is 206. The van der Waals surface area contributed by atoms with Crippen LogP contribution in [0.3, 0.4) is 0 Å². The van der Waals surface area contributed by atoms with E-state index in [1.807, 2.05) is 0 Å². The maximum atomic E-state index is 5.75. The molecule has 1 rings (SSSR count). The summed E-state index contributed by atoms with van der Waals surface area (Å²) in [6, 6.07) is 0.473. The van der Waals surface area contributed by atoms with Gasteiger partial charge >= 0.3 is 0 Å². The standard InChI is InChI=1S/C10H20ClN3/c1-9(5-11)7-14-4-3-13(2)8-10(14)6-12/h5,10H,3-4,6-8,12H2,1-2H3. The summed E-state index contributed by atoms with van der Waals surface area (Å²) in [6.45, 7) is 6.98. The van der Waals surface area contributed by atoms with Crippen molar-refractivity contribution in [3.8, 4) is 0 Å². The molecule has 1 atom stereocenters. The highest BCUT2D eigenvalue weighted by Gasteiger charge is 2.23. The number of likely N-dealkylation sites (N-methyl/N-ethyl adjacent to an activating group) is 1. The summed E-state index contributed by atoms with van der Waals surface area (Å²) in [6.07, 6.45) is 0. The van der Waals surface area contributed by atoms with Crippen LogP contribution < -0.4 is 5.73 Å². The van der Waals surface area contributed by atoms with Gasteiger partial charge in [-0.1, -0.05) is 11.6 Å². The first-order valence-corrected chi connectivity index (χ1v) is 5.49. The summed E-state index contributed by atoms with van der Waals surface area (Å²) < 4.78 is 0. The van der Waals surface area contributed by atoms with Gasteiger partial charge in [-0.2, -0.15) is 0 Å². The SMILES string of the molecule is CC(=CCl)CN1CCN(C)CC1CN. The van der Waals surface area contributed by atoms with E-state index < -0.39 is 0 Å². The lowest BCUT2D eigenvalue weighted by Crippen LogP contribution is -2.55. The van der Waals surface area contributed by atoms with Crippen LogP contribution in [-0.2, 0) is 0 Å². The fourth-order valence-corrected chi connectivity index (χ4v) is 1.90. The fraction of sp³-hybridized carbons (Fsp3) is 0.800. The summed E-state index contributed by atoms with van der Waals surface area (Å²) in [5.41, 5.74) is 8.61. The molecule has 0 saturated carbocycles. The van der Waals surface area contributed by atoms with Gasteiger partial charge in [-0.15, -0.1) is 0 Å². The summed E-state index contributed by atoms with van der Waals surface area (Å²) in [5, 5.41) is 0. The lowest BCUT2D eigenvalue weighted by molar-refractivity contribution is 0.103. The molecular weight excluding hydrogens is 198 g/mol. The number of hydrogen-bond acceptors (Lipinski definition) is 3. The Morgan fingerprint density at radius 2 is 2.29 bits per heavy atom. The van der Waals surface area contributed by atoms with Crippen LogP contribution >= 0.6 is 11.6 Å². The van der Waals surface area contributed by atoms with E-state index >= 15 is 0 Å². The molecule has 0 aromatic carbocycles. The molecule has 1 heterocycles. The third-order valence-corrected chi connectivity index (χ3v) is 3.09. The van der Waals surface area contributed by atoms with Crippen molar-refractivity contribution in [3.63, 3.8) is 0 Å². The second-order valence-corrected chi connectivity index (χ2v) is 4.30. The number of nitrogens with zero attached hydrogens (tertiary/aromatic N) is 2. The van der Waals surface area contributed by atoms with Gasteiger partial charge in [-0.05, 0) is 19.5 Å². The van der Waals surface area contributed by atoms with Crippen molar-refractivity contribution in [2.24, 2.45) is 5.73 Å². The molecule has 0 aromatic rings. The molecule has 1 fully saturated rings. The van der Waals surface area contributed by atoms with Gasteiger partial charge in [0.1, 0.15) is 0 Å². The smallest absolute Gasteiger partial charge is 0.0349 e. The molecule has 0 aliphatic carbocycles. The molecule has 1 unspecified atom stereocenters. The van der Waals surface area contributed by atoms with E-state index in [9.17, 15) is 0 Å². The normalized spacial score (nSPS) is 26.9. The van der Waals surface area contributed by atoms with Crippen molar-refractivity contribution in [1.29, 1.82) is 0 Å². The molecule has 1 aliphatic rings. The average Bonchev–Trinajstić information content (AvgIpc) is 2.20. The van der Waals surface area contributed by atoms with Crippen LogP contribution in [0.25, 0.3) is 0 Å². The highest BCUT2D eigenvalue weighted by atomic mass is 35.5.